The number of phosphoric ester groups is 1. The van der Waals surface area contributed by atoms with E-state index in [1.54, 1.807) is 0 Å². The highest BCUT2D eigenvalue weighted by atomic mass is 31.2. The lowest BCUT2D eigenvalue weighted by molar-refractivity contribution is -0.220. The third-order valence-electron chi connectivity index (χ3n) is 12.3. The van der Waals surface area contributed by atoms with E-state index in [0.717, 1.165) is 57.8 Å². The molecule has 400 valence electrons. The second-order valence-corrected chi connectivity index (χ2v) is 20.1. The zero-order valence-electron chi connectivity index (χ0n) is 42.8. The number of allylic oxidation sites excluding steroid dienone is 10. The molecule has 6 N–H and O–H groups in total. The van der Waals surface area contributed by atoms with Crippen LogP contribution in [0.3, 0.4) is 0 Å². The molecule has 1 aliphatic rings. The van der Waals surface area contributed by atoms with Gasteiger partial charge in [-0.3, -0.25) is 18.6 Å². The Morgan fingerprint density at radius 3 is 1.25 bits per heavy atom. The Morgan fingerprint density at radius 2 is 0.797 bits per heavy atom. The van der Waals surface area contributed by atoms with Crippen molar-refractivity contribution in [1.29, 1.82) is 0 Å². The summed E-state index contributed by atoms with van der Waals surface area (Å²) in [4.78, 5) is 35.9. The molecule has 0 aromatic carbocycles. The number of rotatable bonds is 45. The van der Waals surface area contributed by atoms with Crippen molar-refractivity contribution in [3.63, 3.8) is 0 Å². The molecule has 0 saturated heterocycles. The number of hydrogen-bond acceptors (Lipinski definition) is 12. The van der Waals surface area contributed by atoms with Crippen LogP contribution in [-0.4, -0.2) is 98.3 Å². The van der Waals surface area contributed by atoms with Gasteiger partial charge in [-0.05, 0) is 77.0 Å². The lowest BCUT2D eigenvalue weighted by atomic mass is 9.85. The molecular weight excluding hydrogens is 900 g/mol. The molecule has 1 saturated carbocycles. The number of carbonyl (C=O) groups is 2. The monoisotopic (exact) mass is 997 g/mol. The Labute approximate surface area is 417 Å². The first-order chi connectivity index (χ1) is 33.4. The number of ether oxygens (including phenoxy) is 2. The summed E-state index contributed by atoms with van der Waals surface area (Å²) in [5, 5.41) is 50.3. The van der Waals surface area contributed by atoms with E-state index in [2.05, 4.69) is 62.5 Å². The van der Waals surface area contributed by atoms with Crippen LogP contribution < -0.4 is 0 Å². The van der Waals surface area contributed by atoms with E-state index in [1.165, 1.54) is 116 Å². The van der Waals surface area contributed by atoms with Gasteiger partial charge in [0.15, 0.2) is 6.10 Å². The van der Waals surface area contributed by atoms with Gasteiger partial charge in [0.1, 0.15) is 43.2 Å². The molecule has 0 bridgehead atoms. The van der Waals surface area contributed by atoms with Gasteiger partial charge in [0, 0.05) is 12.8 Å². The molecule has 0 aliphatic heterocycles. The number of aliphatic hydroxyl groups is 5. The molecule has 1 fully saturated rings. The molecule has 1 rings (SSSR count). The smallest absolute Gasteiger partial charge is 0.462 e. The fourth-order valence-electron chi connectivity index (χ4n) is 7.98. The maximum Gasteiger partial charge on any atom is 0.472 e. The van der Waals surface area contributed by atoms with Crippen molar-refractivity contribution in [2.24, 2.45) is 0 Å². The zero-order valence-corrected chi connectivity index (χ0v) is 43.7. The number of aliphatic hydroxyl groups excluding tert-OH is 5. The van der Waals surface area contributed by atoms with Gasteiger partial charge in [-0.1, -0.05) is 190 Å². The predicted molar refractivity (Wildman–Crippen MR) is 276 cm³/mol. The largest absolute Gasteiger partial charge is 0.472 e. The summed E-state index contributed by atoms with van der Waals surface area (Å²) >= 11 is 0. The van der Waals surface area contributed by atoms with Crippen LogP contribution in [0.1, 0.15) is 219 Å². The van der Waals surface area contributed by atoms with Crippen molar-refractivity contribution in [3.8, 4) is 0 Å². The van der Waals surface area contributed by atoms with Crippen LogP contribution in [0.2, 0.25) is 0 Å². The van der Waals surface area contributed by atoms with Crippen molar-refractivity contribution >= 4 is 19.8 Å². The molecule has 69 heavy (non-hydrogen) atoms. The minimum absolute atomic E-state index is 0.0813. The highest BCUT2D eigenvalue weighted by Crippen LogP contribution is 2.47. The summed E-state index contributed by atoms with van der Waals surface area (Å²) in [7, 11) is -5.14. The first kappa shape index (κ1) is 64.6. The van der Waals surface area contributed by atoms with Crippen molar-refractivity contribution in [1.82, 2.24) is 0 Å². The molecule has 13 nitrogen and oxygen atoms in total. The summed E-state index contributed by atoms with van der Waals surface area (Å²) in [6.07, 6.45) is 42.7. The third kappa shape index (κ3) is 36.2. The summed E-state index contributed by atoms with van der Waals surface area (Å²) < 4.78 is 33.6. The Hall–Kier alpha value is -2.45. The van der Waals surface area contributed by atoms with Gasteiger partial charge in [0.25, 0.3) is 0 Å². The van der Waals surface area contributed by atoms with Crippen LogP contribution in [0.15, 0.2) is 60.8 Å². The minimum atomic E-state index is -5.14. The number of phosphoric acid groups is 1. The maximum absolute atomic E-state index is 12.9. The van der Waals surface area contributed by atoms with Gasteiger partial charge in [-0.2, -0.15) is 0 Å². The average molecular weight is 997 g/mol. The Kier molecular flexibility index (Phi) is 41.4. The summed E-state index contributed by atoms with van der Waals surface area (Å²) in [5.41, 5.74) is 0. The van der Waals surface area contributed by atoms with Crippen LogP contribution in [0.4, 0.5) is 0 Å². The Balaban J connectivity index is 2.42. The molecular formula is C55H97O13P. The summed E-state index contributed by atoms with van der Waals surface area (Å²) in [5.74, 6) is -1.16. The van der Waals surface area contributed by atoms with E-state index in [0.29, 0.717) is 19.3 Å². The van der Waals surface area contributed by atoms with Crippen molar-refractivity contribution < 1.29 is 63.1 Å². The first-order valence-corrected chi connectivity index (χ1v) is 28.6. The van der Waals surface area contributed by atoms with Gasteiger partial charge in [0.2, 0.25) is 0 Å². The highest BCUT2D eigenvalue weighted by Gasteiger charge is 2.51. The van der Waals surface area contributed by atoms with E-state index in [-0.39, 0.29) is 12.8 Å². The SMILES string of the molecule is CCCCCCCC/C=C/CCCCCCCCCCCC(=O)O[C@@H](COC(=O)CCC/C=C/C/C=C/C/C=C/C/C=C/CCCCCCCCC)COP(=O)(O)OC1C(O)C(O)C(O)[C@H](O)C1O. The van der Waals surface area contributed by atoms with Crippen LogP contribution in [0, 0.1) is 0 Å². The van der Waals surface area contributed by atoms with Crippen molar-refractivity contribution in [2.75, 3.05) is 13.2 Å². The van der Waals surface area contributed by atoms with Crippen LogP contribution in [0.25, 0.3) is 0 Å². The fraction of sp³-hybridized carbons (Fsp3) is 0.782. The van der Waals surface area contributed by atoms with Crippen LogP contribution >= 0.6 is 7.82 Å². The highest BCUT2D eigenvalue weighted by molar-refractivity contribution is 7.47. The van der Waals surface area contributed by atoms with Gasteiger partial charge < -0.3 is 39.9 Å². The minimum Gasteiger partial charge on any atom is -0.462 e. The second-order valence-electron chi connectivity index (χ2n) is 18.7. The Morgan fingerprint density at radius 1 is 0.449 bits per heavy atom. The van der Waals surface area contributed by atoms with Crippen molar-refractivity contribution in [2.45, 2.75) is 262 Å². The zero-order chi connectivity index (χ0) is 50.6. The number of unbranched alkanes of at least 4 members (excludes halogenated alkanes) is 23. The normalized spacial score (nSPS) is 21.3. The third-order valence-corrected chi connectivity index (χ3v) is 13.3. The average Bonchev–Trinajstić information content (AvgIpc) is 3.33. The van der Waals surface area contributed by atoms with E-state index in [4.69, 9.17) is 18.5 Å². The standard InChI is InChI=1S/C55H97O13P/c1-3-5-7-9-11-13-15-17-19-21-23-24-26-27-29-31-33-35-37-39-41-43-48(56)65-45-47(46-66-69(63,64)68-55-53(61)51(59)50(58)52(60)54(55)62)67-49(57)44-42-40-38-36-34-32-30-28-25-22-20-18-16-14-12-10-8-6-4-2/h18-21,24,26,29,31,35,37,47,50-55,58-62H,3-17,22-23,25,27-28,30,32-34,36,38-46H2,1-2H3,(H,63,64)/b20-18+,21-19+,26-24+,31-29+,37-35+/t47-,50?,51-,52?,53?,54?,55?/m0/s1. The van der Waals surface area contributed by atoms with E-state index in [9.17, 15) is 44.6 Å². The fourth-order valence-corrected chi connectivity index (χ4v) is 8.95. The molecule has 8 atom stereocenters. The van der Waals surface area contributed by atoms with Crippen molar-refractivity contribution in [3.05, 3.63) is 60.8 Å². The molecule has 1 aliphatic carbocycles. The molecule has 0 amide bonds. The van der Waals surface area contributed by atoms with Crippen LogP contribution in [0.5, 0.6) is 0 Å². The topological polar surface area (TPSA) is 210 Å². The lowest BCUT2D eigenvalue weighted by Crippen LogP contribution is -2.64. The molecule has 0 aromatic rings. The van der Waals surface area contributed by atoms with E-state index >= 15 is 0 Å². The second kappa shape index (κ2) is 44.3. The maximum atomic E-state index is 12.9. The van der Waals surface area contributed by atoms with Gasteiger partial charge in [0.05, 0.1) is 6.61 Å². The molecule has 0 radical (unpaired) electrons. The number of esters is 2. The molecule has 0 spiro atoms. The molecule has 0 aromatic heterocycles. The quantitative estimate of drug-likeness (QED) is 0.0145. The van der Waals surface area contributed by atoms with Gasteiger partial charge >= 0.3 is 19.8 Å². The summed E-state index contributed by atoms with van der Waals surface area (Å²) in [6.45, 7) is 3.27. The van der Waals surface area contributed by atoms with Crippen LogP contribution in [-0.2, 0) is 32.7 Å². The van der Waals surface area contributed by atoms with E-state index < -0.39 is 75.7 Å². The Bertz CT molecular complexity index is 1430. The van der Waals surface area contributed by atoms with Gasteiger partial charge in [-0.15, -0.1) is 0 Å². The first-order valence-electron chi connectivity index (χ1n) is 27.1. The lowest BCUT2D eigenvalue weighted by Gasteiger charge is -2.41. The summed E-state index contributed by atoms with van der Waals surface area (Å²) in [6, 6.07) is 0. The number of carbonyl (C=O) groups excluding carboxylic acids is 2. The molecule has 14 heteroatoms. The van der Waals surface area contributed by atoms with Gasteiger partial charge in [-0.25, -0.2) is 4.57 Å². The molecule has 0 heterocycles. The predicted octanol–water partition coefficient (Wildman–Crippen LogP) is 12.1. The van der Waals surface area contributed by atoms with E-state index in [1.807, 2.05) is 12.2 Å². The number of hydrogen-bond donors (Lipinski definition) is 6. The molecule has 6 unspecified atom stereocenters.